The standard InChI is InChI=1S/C9H20N2O/c1-2-11-6-7-12-9(8-11)4-3-5-10/h9H,2-8,10H2,1H3/t9-/m0/s1. The van der Waals surface area contributed by atoms with Gasteiger partial charge in [-0.1, -0.05) is 6.92 Å². The van der Waals surface area contributed by atoms with Gasteiger partial charge in [0, 0.05) is 13.1 Å². The summed E-state index contributed by atoms with van der Waals surface area (Å²) in [6.45, 7) is 7.20. The zero-order valence-electron chi connectivity index (χ0n) is 7.96. The molecule has 1 rings (SSSR count). The van der Waals surface area contributed by atoms with E-state index in [0.717, 1.165) is 45.6 Å². The summed E-state index contributed by atoms with van der Waals surface area (Å²) in [5.74, 6) is 0. The molecule has 0 amide bonds. The van der Waals surface area contributed by atoms with Crippen LogP contribution in [0.5, 0.6) is 0 Å². The summed E-state index contributed by atoms with van der Waals surface area (Å²) in [7, 11) is 0. The molecule has 0 aromatic carbocycles. The fourth-order valence-electron chi connectivity index (χ4n) is 1.59. The Morgan fingerprint density at radius 3 is 3.08 bits per heavy atom. The molecule has 1 aliphatic rings. The van der Waals surface area contributed by atoms with Gasteiger partial charge in [0.25, 0.3) is 0 Å². The Morgan fingerprint density at radius 2 is 2.42 bits per heavy atom. The van der Waals surface area contributed by atoms with E-state index >= 15 is 0 Å². The lowest BCUT2D eigenvalue weighted by Crippen LogP contribution is -2.42. The zero-order valence-corrected chi connectivity index (χ0v) is 7.96. The largest absolute Gasteiger partial charge is 0.376 e. The van der Waals surface area contributed by atoms with Crippen LogP contribution in [-0.2, 0) is 4.74 Å². The number of likely N-dealkylation sites (N-methyl/N-ethyl adjacent to an activating group) is 1. The first-order valence-electron chi connectivity index (χ1n) is 4.90. The van der Waals surface area contributed by atoms with Crippen LogP contribution in [0.2, 0.25) is 0 Å². The van der Waals surface area contributed by atoms with Gasteiger partial charge in [0.15, 0.2) is 0 Å². The van der Waals surface area contributed by atoms with Crippen LogP contribution in [0.4, 0.5) is 0 Å². The highest BCUT2D eigenvalue weighted by molar-refractivity contribution is 4.70. The van der Waals surface area contributed by atoms with Gasteiger partial charge in [0.05, 0.1) is 12.7 Å². The van der Waals surface area contributed by atoms with Crippen LogP contribution in [-0.4, -0.2) is 43.8 Å². The number of rotatable bonds is 4. The van der Waals surface area contributed by atoms with Gasteiger partial charge in [-0.2, -0.15) is 0 Å². The highest BCUT2D eigenvalue weighted by Crippen LogP contribution is 2.09. The van der Waals surface area contributed by atoms with E-state index in [1.54, 1.807) is 0 Å². The van der Waals surface area contributed by atoms with E-state index in [2.05, 4.69) is 11.8 Å². The number of hydrogen-bond acceptors (Lipinski definition) is 3. The van der Waals surface area contributed by atoms with Gasteiger partial charge in [0.2, 0.25) is 0 Å². The van der Waals surface area contributed by atoms with E-state index in [1.807, 2.05) is 0 Å². The van der Waals surface area contributed by atoms with Gasteiger partial charge in [-0.25, -0.2) is 0 Å². The van der Waals surface area contributed by atoms with Crippen LogP contribution in [0.25, 0.3) is 0 Å². The van der Waals surface area contributed by atoms with Crippen molar-refractivity contribution >= 4 is 0 Å². The highest BCUT2D eigenvalue weighted by Gasteiger charge is 2.17. The van der Waals surface area contributed by atoms with Gasteiger partial charge < -0.3 is 10.5 Å². The molecule has 3 nitrogen and oxygen atoms in total. The lowest BCUT2D eigenvalue weighted by atomic mass is 10.1. The van der Waals surface area contributed by atoms with Crippen LogP contribution in [0.3, 0.4) is 0 Å². The minimum Gasteiger partial charge on any atom is -0.376 e. The maximum Gasteiger partial charge on any atom is 0.0703 e. The first kappa shape index (κ1) is 9.96. The summed E-state index contributed by atoms with van der Waals surface area (Å²) >= 11 is 0. The number of nitrogens with zero attached hydrogens (tertiary/aromatic N) is 1. The minimum atomic E-state index is 0.433. The molecule has 1 atom stereocenters. The molecule has 0 saturated carbocycles. The fraction of sp³-hybridized carbons (Fsp3) is 1.00. The van der Waals surface area contributed by atoms with Crippen molar-refractivity contribution in [2.24, 2.45) is 5.73 Å². The first-order chi connectivity index (χ1) is 5.86. The normalized spacial score (nSPS) is 26.0. The molecule has 0 unspecified atom stereocenters. The fourth-order valence-corrected chi connectivity index (χ4v) is 1.59. The predicted molar refractivity (Wildman–Crippen MR) is 50.1 cm³/mol. The van der Waals surface area contributed by atoms with Gasteiger partial charge in [-0.3, -0.25) is 4.90 Å². The number of hydrogen-bond donors (Lipinski definition) is 1. The molecule has 1 fully saturated rings. The minimum absolute atomic E-state index is 0.433. The third-order valence-corrected chi connectivity index (χ3v) is 2.40. The summed E-state index contributed by atoms with van der Waals surface area (Å²) in [6.07, 6.45) is 2.64. The van der Waals surface area contributed by atoms with Crippen LogP contribution < -0.4 is 5.73 Å². The van der Waals surface area contributed by atoms with E-state index in [9.17, 15) is 0 Å². The first-order valence-corrected chi connectivity index (χ1v) is 4.90. The quantitative estimate of drug-likeness (QED) is 0.669. The summed E-state index contributed by atoms with van der Waals surface area (Å²) in [5, 5.41) is 0. The van der Waals surface area contributed by atoms with Crippen molar-refractivity contribution in [2.75, 3.05) is 32.8 Å². The van der Waals surface area contributed by atoms with Crippen LogP contribution in [0, 0.1) is 0 Å². The zero-order chi connectivity index (χ0) is 8.81. The number of ether oxygens (including phenoxy) is 1. The second kappa shape index (κ2) is 5.51. The molecule has 0 radical (unpaired) electrons. The third kappa shape index (κ3) is 3.09. The summed E-state index contributed by atoms with van der Waals surface area (Å²) in [6, 6.07) is 0. The Morgan fingerprint density at radius 1 is 1.58 bits per heavy atom. The Balaban J connectivity index is 2.16. The Bertz CT molecular complexity index is 119. The molecule has 0 aromatic heterocycles. The Hall–Kier alpha value is -0.120. The second-order valence-electron chi connectivity index (χ2n) is 3.32. The predicted octanol–water partition coefficient (Wildman–Crippen LogP) is 0.446. The maximum atomic E-state index is 5.61. The van der Waals surface area contributed by atoms with Gasteiger partial charge in [0.1, 0.15) is 0 Å². The van der Waals surface area contributed by atoms with Crippen LogP contribution in [0.15, 0.2) is 0 Å². The summed E-state index contributed by atoms with van der Waals surface area (Å²) in [4.78, 5) is 2.44. The van der Waals surface area contributed by atoms with Crippen LogP contribution in [0.1, 0.15) is 19.8 Å². The molecule has 12 heavy (non-hydrogen) atoms. The van der Waals surface area contributed by atoms with E-state index < -0.39 is 0 Å². The van der Waals surface area contributed by atoms with Gasteiger partial charge in [-0.05, 0) is 25.9 Å². The topological polar surface area (TPSA) is 38.5 Å². The van der Waals surface area contributed by atoms with Crippen LogP contribution >= 0.6 is 0 Å². The molecule has 1 saturated heterocycles. The molecule has 1 heterocycles. The lowest BCUT2D eigenvalue weighted by Gasteiger charge is -2.32. The van der Waals surface area contributed by atoms with E-state index in [0.29, 0.717) is 6.10 Å². The van der Waals surface area contributed by atoms with Gasteiger partial charge in [-0.15, -0.1) is 0 Å². The molecular weight excluding hydrogens is 152 g/mol. The monoisotopic (exact) mass is 172 g/mol. The van der Waals surface area contributed by atoms with Crippen molar-refractivity contribution in [3.05, 3.63) is 0 Å². The van der Waals surface area contributed by atoms with Crippen molar-refractivity contribution < 1.29 is 4.74 Å². The Labute approximate surface area is 74.9 Å². The lowest BCUT2D eigenvalue weighted by molar-refractivity contribution is -0.0306. The highest BCUT2D eigenvalue weighted by atomic mass is 16.5. The Kier molecular flexibility index (Phi) is 4.58. The van der Waals surface area contributed by atoms with E-state index in [-0.39, 0.29) is 0 Å². The average molecular weight is 172 g/mol. The maximum absolute atomic E-state index is 5.61. The molecule has 2 N–H and O–H groups in total. The average Bonchev–Trinajstić information content (AvgIpc) is 2.15. The van der Waals surface area contributed by atoms with E-state index in [4.69, 9.17) is 10.5 Å². The van der Waals surface area contributed by atoms with Crippen molar-refractivity contribution in [2.45, 2.75) is 25.9 Å². The summed E-state index contributed by atoms with van der Waals surface area (Å²) < 4.78 is 5.61. The molecule has 0 aromatic rings. The number of nitrogens with two attached hydrogens (primary N) is 1. The molecule has 3 heteroatoms. The molecule has 1 aliphatic heterocycles. The molecule has 0 spiro atoms. The van der Waals surface area contributed by atoms with Crippen molar-refractivity contribution in [3.8, 4) is 0 Å². The van der Waals surface area contributed by atoms with Crippen molar-refractivity contribution in [1.82, 2.24) is 4.90 Å². The van der Waals surface area contributed by atoms with Crippen molar-refractivity contribution in [1.29, 1.82) is 0 Å². The third-order valence-electron chi connectivity index (χ3n) is 2.40. The molecular formula is C9H20N2O. The summed E-state index contributed by atoms with van der Waals surface area (Å²) in [5.41, 5.74) is 5.44. The van der Waals surface area contributed by atoms with Gasteiger partial charge >= 0.3 is 0 Å². The number of morpholine rings is 1. The molecule has 72 valence electrons. The van der Waals surface area contributed by atoms with E-state index in [1.165, 1.54) is 0 Å². The smallest absolute Gasteiger partial charge is 0.0703 e. The SMILES string of the molecule is CCN1CCO[C@@H](CCCN)C1. The molecule has 0 bridgehead atoms. The molecule has 0 aliphatic carbocycles. The second-order valence-corrected chi connectivity index (χ2v) is 3.32. The van der Waals surface area contributed by atoms with Crippen molar-refractivity contribution in [3.63, 3.8) is 0 Å².